The molecule has 0 bridgehead atoms. The van der Waals surface area contributed by atoms with Gasteiger partial charge in [0.05, 0.1) is 17.8 Å². The minimum atomic E-state index is 0.193. The van der Waals surface area contributed by atoms with Gasteiger partial charge >= 0.3 is 0 Å². The van der Waals surface area contributed by atoms with Crippen molar-refractivity contribution in [1.82, 2.24) is 14.3 Å². The van der Waals surface area contributed by atoms with Crippen molar-refractivity contribution in [3.8, 4) is 11.3 Å². The van der Waals surface area contributed by atoms with E-state index >= 15 is 0 Å². The van der Waals surface area contributed by atoms with Gasteiger partial charge in [0, 0.05) is 29.9 Å². The lowest BCUT2D eigenvalue weighted by atomic mass is 10.1. The van der Waals surface area contributed by atoms with E-state index in [2.05, 4.69) is 18.7 Å². The quantitative estimate of drug-likeness (QED) is 0.257. The van der Waals surface area contributed by atoms with Gasteiger partial charge in [-0.05, 0) is 37.1 Å². The van der Waals surface area contributed by atoms with Crippen LogP contribution >= 0.6 is 11.6 Å². The number of aromatic nitrogens is 2. The molecule has 0 spiro atoms. The van der Waals surface area contributed by atoms with E-state index in [-0.39, 0.29) is 5.91 Å². The van der Waals surface area contributed by atoms with Crippen LogP contribution in [-0.2, 0) is 11.2 Å². The monoisotopic (exact) mass is 453 g/mol. The Labute approximate surface area is 197 Å². The van der Waals surface area contributed by atoms with Crippen LogP contribution in [0, 0.1) is 0 Å². The number of halogens is 1. The maximum Gasteiger partial charge on any atom is 0.228 e. The van der Waals surface area contributed by atoms with Crippen LogP contribution in [0.2, 0.25) is 5.02 Å². The van der Waals surface area contributed by atoms with Crippen molar-refractivity contribution in [2.75, 3.05) is 13.1 Å². The fourth-order valence-corrected chi connectivity index (χ4v) is 4.26. The summed E-state index contributed by atoms with van der Waals surface area (Å²) in [6.07, 6.45) is 11.7. The third kappa shape index (κ3) is 6.59. The number of rotatable bonds is 13. The van der Waals surface area contributed by atoms with Crippen LogP contribution < -0.4 is 0 Å². The standard InChI is InChI=1S/C27H36ClN3O/c1-3-5-7-10-18-30(19-11-8-6-4-2)26(32)21-24-27(22-14-16-23(28)17-15-22)29-25-13-9-12-20-31(24)25/h9,12-17,20H,3-8,10-11,18-19,21H2,1-2H3. The Hall–Kier alpha value is -2.33. The minimum Gasteiger partial charge on any atom is -0.342 e. The summed E-state index contributed by atoms with van der Waals surface area (Å²) in [6, 6.07) is 13.7. The van der Waals surface area contributed by atoms with Crippen molar-refractivity contribution in [2.24, 2.45) is 0 Å². The Balaban J connectivity index is 1.83. The smallest absolute Gasteiger partial charge is 0.228 e. The number of nitrogens with zero attached hydrogens (tertiary/aromatic N) is 3. The SMILES string of the molecule is CCCCCCN(CCCCCC)C(=O)Cc1c(-c2ccc(Cl)cc2)nc2ccccn12. The number of hydrogen-bond donors (Lipinski definition) is 0. The number of carbonyl (C=O) groups is 1. The first-order valence-corrected chi connectivity index (χ1v) is 12.5. The van der Waals surface area contributed by atoms with Crippen molar-refractivity contribution in [2.45, 2.75) is 71.6 Å². The van der Waals surface area contributed by atoms with Gasteiger partial charge in [-0.2, -0.15) is 0 Å². The Morgan fingerprint density at radius 2 is 1.56 bits per heavy atom. The highest BCUT2D eigenvalue weighted by atomic mass is 35.5. The molecule has 0 saturated carbocycles. The number of imidazole rings is 1. The minimum absolute atomic E-state index is 0.193. The van der Waals surface area contributed by atoms with Gasteiger partial charge in [-0.3, -0.25) is 4.79 Å². The number of benzene rings is 1. The zero-order valence-electron chi connectivity index (χ0n) is 19.5. The largest absolute Gasteiger partial charge is 0.342 e. The van der Waals surface area contributed by atoms with Gasteiger partial charge in [-0.25, -0.2) is 4.98 Å². The van der Waals surface area contributed by atoms with Crippen molar-refractivity contribution in [3.63, 3.8) is 0 Å². The maximum absolute atomic E-state index is 13.5. The number of pyridine rings is 1. The average molecular weight is 454 g/mol. The highest BCUT2D eigenvalue weighted by Gasteiger charge is 2.20. The highest BCUT2D eigenvalue weighted by Crippen LogP contribution is 2.27. The molecule has 2 aromatic heterocycles. The molecular formula is C27H36ClN3O. The van der Waals surface area contributed by atoms with E-state index < -0.39 is 0 Å². The third-order valence-electron chi connectivity index (χ3n) is 5.98. The first-order chi connectivity index (χ1) is 15.6. The van der Waals surface area contributed by atoms with Gasteiger partial charge in [0.15, 0.2) is 0 Å². The molecule has 3 aromatic rings. The predicted octanol–water partition coefficient (Wildman–Crippen LogP) is 7.19. The first kappa shape index (κ1) is 24.3. The van der Waals surface area contributed by atoms with E-state index in [1.165, 1.54) is 38.5 Å². The van der Waals surface area contributed by atoms with Crippen LogP contribution in [0.25, 0.3) is 16.9 Å². The number of hydrogen-bond acceptors (Lipinski definition) is 2. The molecule has 0 aliphatic rings. The predicted molar refractivity (Wildman–Crippen MR) is 134 cm³/mol. The normalized spacial score (nSPS) is 11.2. The molecule has 0 aliphatic heterocycles. The molecule has 32 heavy (non-hydrogen) atoms. The highest BCUT2D eigenvalue weighted by molar-refractivity contribution is 6.30. The van der Waals surface area contributed by atoms with Gasteiger partial charge in [0.1, 0.15) is 5.65 Å². The Morgan fingerprint density at radius 1 is 0.906 bits per heavy atom. The number of amides is 1. The Morgan fingerprint density at radius 3 is 2.19 bits per heavy atom. The van der Waals surface area contributed by atoms with Crippen LogP contribution in [0.3, 0.4) is 0 Å². The van der Waals surface area contributed by atoms with Crippen LogP contribution in [0.15, 0.2) is 48.7 Å². The van der Waals surface area contributed by atoms with E-state index in [1.54, 1.807) is 0 Å². The molecule has 0 aliphatic carbocycles. The van der Waals surface area contributed by atoms with Crippen LogP contribution in [0.1, 0.15) is 70.9 Å². The number of unbranched alkanes of at least 4 members (excludes halogenated alkanes) is 6. The number of carbonyl (C=O) groups excluding carboxylic acids is 1. The molecule has 0 atom stereocenters. The van der Waals surface area contributed by atoms with Crippen molar-refractivity contribution >= 4 is 23.2 Å². The fraction of sp³-hybridized carbons (Fsp3) is 0.481. The van der Waals surface area contributed by atoms with E-state index in [0.29, 0.717) is 11.4 Å². The summed E-state index contributed by atoms with van der Waals surface area (Å²) in [5.74, 6) is 0.193. The molecule has 0 unspecified atom stereocenters. The van der Waals surface area contributed by atoms with Crippen LogP contribution in [0.5, 0.6) is 0 Å². The van der Waals surface area contributed by atoms with Crippen molar-refractivity contribution in [1.29, 1.82) is 0 Å². The van der Waals surface area contributed by atoms with Crippen molar-refractivity contribution in [3.05, 3.63) is 59.4 Å². The topological polar surface area (TPSA) is 37.6 Å². The molecule has 0 radical (unpaired) electrons. The van der Waals surface area contributed by atoms with Crippen LogP contribution in [-0.4, -0.2) is 33.3 Å². The summed E-state index contributed by atoms with van der Waals surface area (Å²) < 4.78 is 2.05. The zero-order chi connectivity index (χ0) is 22.8. The van der Waals surface area contributed by atoms with Gasteiger partial charge in [-0.15, -0.1) is 0 Å². The number of fused-ring (bicyclic) bond motifs is 1. The molecule has 0 N–H and O–H groups in total. The first-order valence-electron chi connectivity index (χ1n) is 12.1. The maximum atomic E-state index is 13.5. The zero-order valence-corrected chi connectivity index (χ0v) is 20.3. The summed E-state index contributed by atoms with van der Waals surface area (Å²) >= 11 is 6.10. The van der Waals surface area contributed by atoms with Gasteiger partial charge < -0.3 is 9.30 Å². The molecular weight excluding hydrogens is 418 g/mol. The molecule has 1 amide bonds. The molecule has 172 valence electrons. The van der Waals surface area contributed by atoms with E-state index in [1.807, 2.05) is 53.1 Å². The van der Waals surface area contributed by atoms with Crippen molar-refractivity contribution < 1.29 is 4.79 Å². The second-order valence-electron chi connectivity index (χ2n) is 8.52. The lowest BCUT2D eigenvalue weighted by Crippen LogP contribution is -2.34. The van der Waals surface area contributed by atoms with Gasteiger partial charge in [0.2, 0.25) is 5.91 Å². The summed E-state index contributed by atoms with van der Waals surface area (Å²) in [7, 11) is 0. The van der Waals surface area contributed by atoms with Crippen LogP contribution in [0.4, 0.5) is 0 Å². The third-order valence-corrected chi connectivity index (χ3v) is 6.23. The lowest BCUT2D eigenvalue weighted by molar-refractivity contribution is -0.130. The molecule has 0 saturated heterocycles. The van der Waals surface area contributed by atoms with E-state index in [4.69, 9.17) is 16.6 Å². The molecule has 0 fully saturated rings. The molecule has 4 nitrogen and oxygen atoms in total. The molecule has 3 rings (SSSR count). The second-order valence-corrected chi connectivity index (χ2v) is 8.96. The summed E-state index contributed by atoms with van der Waals surface area (Å²) in [6.45, 7) is 6.13. The fourth-order valence-electron chi connectivity index (χ4n) is 4.13. The van der Waals surface area contributed by atoms with Gasteiger partial charge in [0.25, 0.3) is 0 Å². The summed E-state index contributed by atoms with van der Waals surface area (Å²) in [5, 5.41) is 0.695. The second kappa shape index (κ2) is 12.6. The van der Waals surface area contributed by atoms with E-state index in [0.717, 1.165) is 48.5 Å². The van der Waals surface area contributed by atoms with Gasteiger partial charge in [-0.1, -0.05) is 82.2 Å². The average Bonchev–Trinajstić information content (AvgIpc) is 3.16. The van der Waals surface area contributed by atoms with E-state index in [9.17, 15) is 4.79 Å². The molecule has 2 heterocycles. The Kier molecular flexibility index (Phi) is 9.61. The lowest BCUT2D eigenvalue weighted by Gasteiger charge is -2.23. The molecule has 5 heteroatoms. The Bertz CT molecular complexity index is 968. The summed E-state index contributed by atoms with van der Waals surface area (Å²) in [4.78, 5) is 20.4. The summed E-state index contributed by atoms with van der Waals surface area (Å²) in [5.41, 5.74) is 3.65. The molecule has 1 aromatic carbocycles.